The molecule has 0 aliphatic rings. The molecule has 0 saturated carbocycles. The molecule has 0 aliphatic heterocycles. The van der Waals surface area contributed by atoms with Gasteiger partial charge in [-0.05, 0) is 55.6 Å². The van der Waals surface area contributed by atoms with Crippen LogP contribution in [0.5, 0.6) is 11.6 Å². The van der Waals surface area contributed by atoms with E-state index >= 15 is 0 Å². The molecule has 0 saturated heterocycles. The highest BCUT2D eigenvalue weighted by Gasteiger charge is 2.17. The fourth-order valence-electron chi connectivity index (χ4n) is 3.58. The zero-order valence-corrected chi connectivity index (χ0v) is 19.3. The lowest BCUT2D eigenvalue weighted by Crippen LogP contribution is -2.13. The third-order valence-corrected chi connectivity index (χ3v) is 6.93. The lowest BCUT2D eigenvalue weighted by atomic mass is 10.1. The molecule has 0 bridgehead atoms. The van der Waals surface area contributed by atoms with Gasteiger partial charge in [-0.25, -0.2) is 13.4 Å². The first kappa shape index (κ1) is 21.6. The van der Waals surface area contributed by atoms with Crippen LogP contribution in [0.2, 0.25) is 0 Å². The minimum Gasteiger partial charge on any atom is -0.438 e. The van der Waals surface area contributed by atoms with Crippen LogP contribution in [-0.4, -0.2) is 28.2 Å². The predicted octanol–water partition coefficient (Wildman–Crippen LogP) is 5.03. The Bertz CT molecular complexity index is 1570. The molecule has 3 aromatic carbocycles. The Hall–Kier alpha value is -4.24. The first-order valence-electron chi connectivity index (χ1n) is 10.5. The van der Waals surface area contributed by atoms with E-state index in [1.54, 1.807) is 60.9 Å². The van der Waals surface area contributed by atoms with Crippen molar-refractivity contribution in [1.29, 1.82) is 0 Å². The van der Waals surface area contributed by atoms with E-state index in [1.165, 1.54) is 0 Å². The van der Waals surface area contributed by atoms with Crippen molar-refractivity contribution >= 4 is 26.5 Å². The molecule has 0 unspecified atom stereocenters. The van der Waals surface area contributed by atoms with E-state index < -0.39 is 10.0 Å². The second-order valence-corrected chi connectivity index (χ2v) is 9.38. The number of nitrogens with zero attached hydrogens (tertiary/aromatic N) is 4. The number of nitrogens with one attached hydrogen (secondary N) is 1. The number of aryl methyl sites for hydroxylation is 1. The number of hydrogen-bond donors (Lipinski definition) is 1. The van der Waals surface area contributed by atoms with E-state index in [-0.39, 0.29) is 4.90 Å². The molecule has 1 N–H and O–H groups in total. The van der Waals surface area contributed by atoms with Gasteiger partial charge in [0.2, 0.25) is 5.88 Å². The van der Waals surface area contributed by atoms with Crippen LogP contribution < -0.4 is 9.46 Å². The molecule has 2 aromatic heterocycles. The Kier molecular flexibility index (Phi) is 5.46. The summed E-state index contributed by atoms with van der Waals surface area (Å²) in [6, 6.07) is 22.7. The van der Waals surface area contributed by atoms with Crippen LogP contribution in [0, 0.1) is 13.8 Å². The number of anilines is 1. The summed E-state index contributed by atoms with van der Waals surface area (Å²) in [5.74, 6) is 1.47. The first-order chi connectivity index (χ1) is 16.4. The van der Waals surface area contributed by atoms with Crippen molar-refractivity contribution in [1.82, 2.24) is 19.7 Å². The van der Waals surface area contributed by atoms with Crippen molar-refractivity contribution < 1.29 is 13.2 Å². The zero-order chi connectivity index (χ0) is 23.7. The lowest BCUT2D eigenvalue weighted by molar-refractivity contribution is 0.454. The van der Waals surface area contributed by atoms with Gasteiger partial charge in [-0.15, -0.1) is 10.2 Å². The maximum atomic E-state index is 13.0. The average Bonchev–Trinajstić information content (AvgIpc) is 3.18. The monoisotopic (exact) mass is 471 g/mol. The second-order valence-electron chi connectivity index (χ2n) is 7.72. The Morgan fingerprint density at radius 3 is 2.32 bits per heavy atom. The number of sulfonamides is 1. The lowest BCUT2D eigenvalue weighted by Gasteiger charge is -2.11. The van der Waals surface area contributed by atoms with Crippen LogP contribution in [0.1, 0.15) is 11.4 Å². The van der Waals surface area contributed by atoms with Gasteiger partial charge in [0.15, 0.2) is 5.82 Å². The van der Waals surface area contributed by atoms with Gasteiger partial charge in [-0.3, -0.25) is 9.29 Å². The summed E-state index contributed by atoms with van der Waals surface area (Å²) < 4.78 is 36.2. The van der Waals surface area contributed by atoms with Crippen molar-refractivity contribution in [3.63, 3.8) is 0 Å². The first-order valence-corrected chi connectivity index (χ1v) is 12.0. The van der Waals surface area contributed by atoms with Crippen LogP contribution >= 0.6 is 0 Å². The molecule has 9 heteroatoms. The van der Waals surface area contributed by atoms with Gasteiger partial charge in [0, 0.05) is 22.8 Å². The highest BCUT2D eigenvalue weighted by molar-refractivity contribution is 7.93. The predicted molar refractivity (Wildman–Crippen MR) is 130 cm³/mol. The number of fused-ring (bicyclic) bond motifs is 1. The van der Waals surface area contributed by atoms with E-state index in [1.807, 2.05) is 42.7 Å². The number of hydrogen-bond acceptors (Lipinski definition) is 6. The third kappa shape index (κ3) is 4.20. The number of benzene rings is 3. The van der Waals surface area contributed by atoms with Gasteiger partial charge in [-0.2, -0.15) is 0 Å². The molecule has 2 heterocycles. The maximum absolute atomic E-state index is 13.0. The number of rotatable bonds is 6. The molecule has 8 nitrogen and oxygen atoms in total. The largest absolute Gasteiger partial charge is 0.438 e. The van der Waals surface area contributed by atoms with Crippen LogP contribution in [0.15, 0.2) is 90.1 Å². The summed E-state index contributed by atoms with van der Waals surface area (Å²) in [7, 11) is -3.77. The van der Waals surface area contributed by atoms with E-state index in [9.17, 15) is 8.42 Å². The maximum Gasteiger partial charge on any atom is 0.262 e. The Morgan fingerprint density at radius 1 is 0.853 bits per heavy atom. The van der Waals surface area contributed by atoms with Crippen LogP contribution in [0.3, 0.4) is 0 Å². The molecule has 0 spiro atoms. The number of ether oxygens (including phenoxy) is 1. The number of aromatic nitrogens is 4. The highest BCUT2D eigenvalue weighted by Crippen LogP contribution is 2.27. The van der Waals surface area contributed by atoms with Gasteiger partial charge in [-0.1, -0.05) is 36.4 Å². The van der Waals surface area contributed by atoms with Crippen molar-refractivity contribution in [3.8, 4) is 17.4 Å². The zero-order valence-electron chi connectivity index (χ0n) is 18.5. The van der Waals surface area contributed by atoms with E-state index in [2.05, 4.69) is 19.9 Å². The third-order valence-electron chi connectivity index (χ3n) is 5.49. The molecule has 5 rings (SSSR count). The molecular weight excluding hydrogens is 450 g/mol. The fraction of sp³-hybridized carbons (Fsp3) is 0.0800. The van der Waals surface area contributed by atoms with E-state index in [0.29, 0.717) is 28.5 Å². The van der Waals surface area contributed by atoms with Crippen molar-refractivity contribution in [2.45, 2.75) is 18.7 Å². The van der Waals surface area contributed by atoms with E-state index in [0.717, 1.165) is 16.8 Å². The van der Waals surface area contributed by atoms with Gasteiger partial charge >= 0.3 is 0 Å². The SMILES string of the molecule is Cc1ncn(-c2ccc(Oc3ccc(NS(=O)(=O)c4cccc5ccccc45)cc3)nn2)c1C. The Balaban J connectivity index is 1.30. The molecule has 0 radical (unpaired) electrons. The summed E-state index contributed by atoms with van der Waals surface area (Å²) >= 11 is 0. The molecule has 0 fully saturated rings. The van der Waals surface area contributed by atoms with Gasteiger partial charge in [0.1, 0.15) is 12.1 Å². The summed E-state index contributed by atoms with van der Waals surface area (Å²) in [6.45, 7) is 3.90. The van der Waals surface area contributed by atoms with Gasteiger partial charge < -0.3 is 4.74 Å². The molecule has 5 aromatic rings. The van der Waals surface area contributed by atoms with Crippen molar-refractivity contribution in [3.05, 3.63) is 96.6 Å². The molecule has 0 amide bonds. The van der Waals surface area contributed by atoms with Crippen LogP contribution in [-0.2, 0) is 10.0 Å². The average molecular weight is 472 g/mol. The van der Waals surface area contributed by atoms with Gasteiger partial charge in [0.05, 0.1) is 10.6 Å². The normalized spacial score (nSPS) is 11.5. The van der Waals surface area contributed by atoms with E-state index in [4.69, 9.17) is 4.74 Å². The standard InChI is InChI=1S/C25H21N5O3S/c1-17-18(2)30(16-26-17)24-14-15-25(28-27-24)33-21-12-10-20(11-13-21)29-34(31,32)23-9-5-7-19-6-3-4-8-22(19)23/h3-16,29H,1-2H3. The minimum absolute atomic E-state index is 0.226. The summed E-state index contributed by atoms with van der Waals surface area (Å²) in [4.78, 5) is 4.49. The Labute approximate surface area is 196 Å². The van der Waals surface area contributed by atoms with Crippen LogP contribution in [0.25, 0.3) is 16.6 Å². The molecule has 0 atom stereocenters. The molecule has 34 heavy (non-hydrogen) atoms. The quantitative estimate of drug-likeness (QED) is 0.373. The minimum atomic E-state index is -3.77. The van der Waals surface area contributed by atoms with Gasteiger partial charge in [0.25, 0.3) is 10.0 Å². The second kappa shape index (κ2) is 8.60. The molecule has 170 valence electrons. The van der Waals surface area contributed by atoms with Crippen molar-refractivity contribution in [2.75, 3.05) is 4.72 Å². The highest BCUT2D eigenvalue weighted by atomic mass is 32.2. The summed E-state index contributed by atoms with van der Waals surface area (Å²) in [6.07, 6.45) is 1.70. The topological polar surface area (TPSA) is 99.0 Å². The van der Waals surface area contributed by atoms with Crippen LogP contribution in [0.4, 0.5) is 5.69 Å². The smallest absolute Gasteiger partial charge is 0.262 e. The summed E-state index contributed by atoms with van der Waals surface area (Å²) in [5.41, 5.74) is 2.34. The molecule has 0 aliphatic carbocycles. The Morgan fingerprint density at radius 2 is 1.62 bits per heavy atom. The summed E-state index contributed by atoms with van der Waals surface area (Å²) in [5, 5.41) is 9.85. The van der Waals surface area contributed by atoms with Crippen molar-refractivity contribution in [2.24, 2.45) is 0 Å². The number of imidazole rings is 1. The molecular formula is C25H21N5O3S. The fourth-order valence-corrected chi connectivity index (χ4v) is 4.87.